The van der Waals surface area contributed by atoms with Gasteiger partial charge in [0.1, 0.15) is 6.61 Å². The summed E-state index contributed by atoms with van der Waals surface area (Å²) >= 11 is 24.3. The largest absolute Gasteiger partial charge is 0.493 e. The van der Waals surface area contributed by atoms with Crippen LogP contribution >= 0.6 is 46.4 Å². The molecule has 0 fully saturated rings. The van der Waals surface area contributed by atoms with Crippen molar-refractivity contribution >= 4 is 58.5 Å². The Balaban J connectivity index is 1.64. The average molecular weight is 512 g/mol. The first-order valence-electron chi connectivity index (χ1n) is 9.36. The number of hydrazone groups is 1. The number of benzene rings is 3. The van der Waals surface area contributed by atoms with Gasteiger partial charge in [-0.2, -0.15) is 5.10 Å². The van der Waals surface area contributed by atoms with Gasteiger partial charge in [0.15, 0.2) is 11.5 Å². The van der Waals surface area contributed by atoms with E-state index in [0.29, 0.717) is 37.2 Å². The summed E-state index contributed by atoms with van der Waals surface area (Å²) in [4.78, 5) is 12.1. The number of nitrogens with one attached hydrogen (secondary N) is 1. The second-order valence-corrected chi connectivity index (χ2v) is 8.34. The van der Waals surface area contributed by atoms with Crippen LogP contribution in [0.4, 0.5) is 0 Å². The van der Waals surface area contributed by atoms with Crippen LogP contribution < -0.4 is 14.9 Å². The first-order valence-corrected chi connectivity index (χ1v) is 10.9. The first kappa shape index (κ1) is 24.2. The molecule has 0 atom stereocenters. The van der Waals surface area contributed by atoms with Crippen molar-refractivity contribution in [3.05, 3.63) is 91.4 Å². The van der Waals surface area contributed by atoms with Crippen molar-refractivity contribution in [1.29, 1.82) is 0 Å². The summed E-state index contributed by atoms with van der Waals surface area (Å²) in [6, 6.07) is 15.5. The predicted octanol–water partition coefficient (Wildman–Crippen LogP) is 6.58. The van der Waals surface area contributed by atoms with E-state index in [1.165, 1.54) is 13.3 Å². The van der Waals surface area contributed by atoms with Crippen molar-refractivity contribution in [2.45, 2.75) is 13.0 Å². The summed E-state index contributed by atoms with van der Waals surface area (Å²) in [6.45, 7) is 0.181. The Morgan fingerprint density at radius 3 is 2.38 bits per heavy atom. The van der Waals surface area contributed by atoms with Crippen molar-refractivity contribution < 1.29 is 14.3 Å². The summed E-state index contributed by atoms with van der Waals surface area (Å²) in [5, 5.41) is 5.95. The van der Waals surface area contributed by atoms with Crippen LogP contribution in [0.3, 0.4) is 0 Å². The summed E-state index contributed by atoms with van der Waals surface area (Å²) in [7, 11) is 1.50. The molecule has 3 aromatic rings. The minimum atomic E-state index is -0.263. The van der Waals surface area contributed by atoms with Gasteiger partial charge in [0.25, 0.3) is 0 Å². The molecule has 0 bridgehead atoms. The molecule has 0 aromatic heterocycles. The van der Waals surface area contributed by atoms with Gasteiger partial charge in [-0.1, -0.05) is 64.6 Å². The highest BCUT2D eigenvalue weighted by molar-refractivity contribution is 6.35. The second kappa shape index (κ2) is 11.4. The molecule has 166 valence electrons. The van der Waals surface area contributed by atoms with E-state index in [2.05, 4.69) is 10.5 Å². The molecule has 0 radical (unpaired) electrons. The Hall–Kier alpha value is -2.44. The molecule has 3 aromatic carbocycles. The fraction of sp³-hybridized carbons (Fsp3) is 0.130. The molecule has 1 N–H and O–H groups in total. The summed E-state index contributed by atoms with van der Waals surface area (Å²) in [5.41, 5.74) is 4.68. The van der Waals surface area contributed by atoms with Gasteiger partial charge >= 0.3 is 0 Å². The number of amides is 1. The van der Waals surface area contributed by atoms with Crippen LogP contribution in [0.25, 0.3) is 0 Å². The Labute approximate surface area is 205 Å². The lowest BCUT2D eigenvalue weighted by atomic mass is 10.1. The van der Waals surface area contributed by atoms with Crippen molar-refractivity contribution in [3.63, 3.8) is 0 Å². The lowest BCUT2D eigenvalue weighted by Gasteiger charge is -2.14. The summed E-state index contributed by atoms with van der Waals surface area (Å²) < 4.78 is 11.2. The molecule has 0 unspecified atom stereocenters. The third-order valence-corrected chi connectivity index (χ3v) is 5.44. The SMILES string of the molecule is COc1cc(/C=N\NC(=O)Cc2ccc(Cl)cc2)cc(Cl)c1OCc1ccc(Cl)cc1Cl. The molecule has 0 saturated heterocycles. The maximum absolute atomic E-state index is 12.1. The van der Waals surface area contributed by atoms with E-state index in [9.17, 15) is 4.79 Å². The standard InChI is InChI=1S/C23H18Cl4N2O3/c1-31-21-9-15(12-28-29-22(30)10-14-2-5-17(24)6-3-14)8-20(27)23(21)32-13-16-4-7-18(25)11-19(16)26/h2-9,11-12H,10,13H2,1H3,(H,29,30)/b28-12-. The number of hydrogen-bond acceptors (Lipinski definition) is 4. The topological polar surface area (TPSA) is 59.9 Å². The summed E-state index contributed by atoms with van der Waals surface area (Å²) in [5.74, 6) is 0.516. The number of methoxy groups -OCH3 is 1. The van der Waals surface area contributed by atoms with E-state index in [4.69, 9.17) is 55.9 Å². The molecule has 0 saturated carbocycles. The van der Waals surface area contributed by atoms with Crippen molar-refractivity contribution in [1.82, 2.24) is 5.43 Å². The van der Waals surface area contributed by atoms with Crippen LogP contribution in [0, 0.1) is 0 Å². The van der Waals surface area contributed by atoms with Gasteiger partial charge in [0.05, 0.1) is 24.8 Å². The highest BCUT2D eigenvalue weighted by Gasteiger charge is 2.13. The zero-order valence-electron chi connectivity index (χ0n) is 16.9. The van der Waals surface area contributed by atoms with E-state index in [1.807, 2.05) is 0 Å². The second-order valence-electron chi connectivity index (χ2n) is 6.65. The van der Waals surface area contributed by atoms with Crippen LogP contribution in [-0.4, -0.2) is 19.2 Å². The minimum absolute atomic E-state index is 0.179. The molecule has 1 amide bonds. The smallest absolute Gasteiger partial charge is 0.244 e. The third-order valence-electron chi connectivity index (χ3n) is 4.32. The lowest BCUT2D eigenvalue weighted by molar-refractivity contribution is -0.120. The number of carbonyl (C=O) groups excluding carboxylic acids is 1. The van der Waals surface area contributed by atoms with Gasteiger partial charge in [-0.3, -0.25) is 4.79 Å². The maximum atomic E-state index is 12.1. The van der Waals surface area contributed by atoms with Crippen molar-refractivity contribution in [3.8, 4) is 11.5 Å². The molecule has 0 heterocycles. The van der Waals surface area contributed by atoms with Gasteiger partial charge in [-0.05, 0) is 47.5 Å². The fourth-order valence-electron chi connectivity index (χ4n) is 2.75. The Bertz CT molecular complexity index is 1130. The molecule has 3 rings (SSSR count). The van der Waals surface area contributed by atoms with Crippen LogP contribution in [0.2, 0.25) is 20.1 Å². The zero-order chi connectivity index (χ0) is 23.1. The van der Waals surface area contributed by atoms with E-state index in [1.54, 1.807) is 54.6 Å². The normalized spacial score (nSPS) is 10.9. The van der Waals surface area contributed by atoms with Crippen LogP contribution in [0.1, 0.15) is 16.7 Å². The van der Waals surface area contributed by atoms with Crippen LogP contribution in [0.15, 0.2) is 59.7 Å². The molecule has 9 heteroatoms. The zero-order valence-corrected chi connectivity index (χ0v) is 19.9. The van der Waals surface area contributed by atoms with Gasteiger partial charge in [-0.25, -0.2) is 5.43 Å². The molecule has 5 nitrogen and oxygen atoms in total. The average Bonchev–Trinajstić information content (AvgIpc) is 2.75. The molecule has 0 aliphatic heterocycles. The molecule has 32 heavy (non-hydrogen) atoms. The maximum Gasteiger partial charge on any atom is 0.244 e. The van der Waals surface area contributed by atoms with Gasteiger partial charge in [-0.15, -0.1) is 0 Å². The lowest BCUT2D eigenvalue weighted by Crippen LogP contribution is -2.19. The number of nitrogens with zero attached hydrogens (tertiary/aromatic N) is 1. The summed E-state index contributed by atoms with van der Waals surface area (Å²) in [6.07, 6.45) is 1.65. The highest BCUT2D eigenvalue weighted by atomic mass is 35.5. The number of carbonyl (C=O) groups is 1. The molecule has 0 aliphatic rings. The third kappa shape index (κ3) is 6.78. The van der Waals surface area contributed by atoms with Crippen molar-refractivity contribution in [2.75, 3.05) is 7.11 Å². The molecular formula is C23H18Cl4N2O3. The number of hydrogen-bond donors (Lipinski definition) is 1. The van der Waals surface area contributed by atoms with E-state index in [-0.39, 0.29) is 18.9 Å². The van der Waals surface area contributed by atoms with Gasteiger partial charge < -0.3 is 9.47 Å². The predicted molar refractivity (Wildman–Crippen MR) is 130 cm³/mol. The highest BCUT2D eigenvalue weighted by Crippen LogP contribution is 2.37. The first-order chi connectivity index (χ1) is 15.4. The van der Waals surface area contributed by atoms with Crippen LogP contribution in [0.5, 0.6) is 11.5 Å². The van der Waals surface area contributed by atoms with E-state index >= 15 is 0 Å². The molecular weight excluding hydrogens is 494 g/mol. The van der Waals surface area contributed by atoms with Crippen LogP contribution in [-0.2, 0) is 17.8 Å². The van der Waals surface area contributed by atoms with Crippen molar-refractivity contribution in [2.24, 2.45) is 5.10 Å². The fourth-order valence-corrected chi connectivity index (χ4v) is 3.61. The van der Waals surface area contributed by atoms with Gasteiger partial charge in [0, 0.05) is 20.6 Å². The monoisotopic (exact) mass is 510 g/mol. The Kier molecular flexibility index (Phi) is 8.65. The van der Waals surface area contributed by atoms with E-state index in [0.717, 1.165) is 11.1 Å². The quantitative estimate of drug-likeness (QED) is 0.274. The number of ether oxygens (including phenoxy) is 2. The Morgan fingerprint density at radius 1 is 0.969 bits per heavy atom. The Morgan fingerprint density at radius 2 is 1.69 bits per heavy atom. The minimum Gasteiger partial charge on any atom is -0.493 e. The number of rotatable bonds is 8. The molecule has 0 aliphatic carbocycles. The van der Waals surface area contributed by atoms with Gasteiger partial charge in [0.2, 0.25) is 5.91 Å². The van der Waals surface area contributed by atoms with E-state index < -0.39 is 0 Å². The number of halogens is 4. The molecule has 0 spiro atoms.